The second kappa shape index (κ2) is 45.9. The highest BCUT2D eigenvalue weighted by Gasteiger charge is 2.19. The Balaban J connectivity index is 4.31. The lowest BCUT2D eigenvalue weighted by Gasteiger charge is -2.18. The van der Waals surface area contributed by atoms with E-state index in [1.165, 1.54) is 180 Å². The van der Waals surface area contributed by atoms with Crippen LogP contribution in [-0.4, -0.2) is 37.2 Å². The molecule has 0 aromatic rings. The van der Waals surface area contributed by atoms with Crippen molar-refractivity contribution in [3.63, 3.8) is 0 Å². The van der Waals surface area contributed by atoms with E-state index in [0.29, 0.717) is 19.3 Å². The summed E-state index contributed by atoms with van der Waals surface area (Å²) in [6, 6.07) is 0. The molecule has 0 radical (unpaired) electrons. The lowest BCUT2D eigenvalue weighted by molar-refractivity contribution is -0.167. The normalized spacial score (nSPS) is 12.5. The van der Waals surface area contributed by atoms with Crippen molar-refractivity contribution < 1.29 is 28.6 Å². The average molecular weight is 835 g/mol. The van der Waals surface area contributed by atoms with Gasteiger partial charge in [0.25, 0.3) is 0 Å². The Hall–Kier alpha value is -1.59. The van der Waals surface area contributed by atoms with E-state index in [0.717, 1.165) is 69.6 Å². The first-order chi connectivity index (χ1) is 28.8. The Labute approximate surface area is 368 Å². The van der Waals surface area contributed by atoms with Crippen molar-refractivity contribution in [2.75, 3.05) is 13.2 Å². The van der Waals surface area contributed by atoms with Crippen LogP contribution < -0.4 is 0 Å². The minimum absolute atomic E-state index is 0.0637. The van der Waals surface area contributed by atoms with Gasteiger partial charge in [-0.3, -0.25) is 14.4 Å². The van der Waals surface area contributed by atoms with Gasteiger partial charge in [-0.15, -0.1) is 0 Å². The molecule has 0 rings (SSSR count). The van der Waals surface area contributed by atoms with Crippen LogP contribution in [0.4, 0.5) is 0 Å². The highest BCUT2D eigenvalue weighted by molar-refractivity contribution is 5.71. The third-order valence-corrected chi connectivity index (χ3v) is 12.3. The smallest absolute Gasteiger partial charge is 0.306 e. The molecule has 0 saturated heterocycles. The Morgan fingerprint density at radius 2 is 0.644 bits per heavy atom. The molecule has 6 heteroatoms. The summed E-state index contributed by atoms with van der Waals surface area (Å²) in [4.78, 5) is 37.9. The van der Waals surface area contributed by atoms with E-state index in [1.807, 2.05) is 0 Å². The Morgan fingerprint density at radius 1 is 0.356 bits per heavy atom. The lowest BCUT2D eigenvalue weighted by Crippen LogP contribution is -2.30. The van der Waals surface area contributed by atoms with Gasteiger partial charge in [-0.2, -0.15) is 0 Å². The number of unbranched alkanes of at least 4 members (excludes halogenated alkanes) is 31. The summed E-state index contributed by atoms with van der Waals surface area (Å²) in [6.45, 7) is 11.4. The number of rotatable bonds is 47. The molecule has 6 nitrogen and oxygen atoms in total. The molecule has 0 fully saturated rings. The van der Waals surface area contributed by atoms with Gasteiger partial charge in [0.15, 0.2) is 6.10 Å². The molecule has 1 unspecified atom stereocenters. The van der Waals surface area contributed by atoms with Gasteiger partial charge in [-0.25, -0.2) is 0 Å². The van der Waals surface area contributed by atoms with Crippen LogP contribution in [0.3, 0.4) is 0 Å². The largest absolute Gasteiger partial charge is 0.462 e. The zero-order chi connectivity index (χ0) is 43.3. The van der Waals surface area contributed by atoms with Crippen LogP contribution >= 0.6 is 0 Å². The van der Waals surface area contributed by atoms with Crippen LogP contribution in [-0.2, 0) is 28.6 Å². The van der Waals surface area contributed by atoms with Crippen molar-refractivity contribution in [1.29, 1.82) is 0 Å². The minimum Gasteiger partial charge on any atom is -0.462 e. The Morgan fingerprint density at radius 3 is 0.966 bits per heavy atom. The van der Waals surface area contributed by atoms with E-state index in [-0.39, 0.29) is 31.1 Å². The van der Waals surface area contributed by atoms with Gasteiger partial charge in [0, 0.05) is 19.3 Å². The second-order valence-electron chi connectivity index (χ2n) is 18.9. The van der Waals surface area contributed by atoms with Crippen LogP contribution in [0.25, 0.3) is 0 Å². The summed E-state index contributed by atoms with van der Waals surface area (Å²) in [5.41, 5.74) is 0. The van der Waals surface area contributed by atoms with Gasteiger partial charge in [0.1, 0.15) is 13.2 Å². The summed E-state index contributed by atoms with van der Waals surface area (Å²) < 4.78 is 16.8. The van der Waals surface area contributed by atoms with Crippen molar-refractivity contribution in [3.05, 3.63) is 0 Å². The first-order valence-electron chi connectivity index (χ1n) is 26.3. The number of carbonyl (C=O) groups is 3. The highest BCUT2D eigenvalue weighted by atomic mass is 16.6. The quantitative estimate of drug-likeness (QED) is 0.0345. The molecule has 2 atom stereocenters. The predicted octanol–water partition coefficient (Wildman–Crippen LogP) is 16.9. The van der Waals surface area contributed by atoms with Gasteiger partial charge in [0.05, 0.1) is 0 Å². The standard InChI is InChI=1S/C53H102O6/c1-6-8-9-10-11-12-13-15-20-23-30-35-40-45-53(56)59-50(47-58-52(55)44-39-34-29-25-24-27-32-37-42-49(5)7-2)46-57-51(54)43-38-33-28-22-19-17-14-16-18-21-26-31-36-41-48(3)4/h48-50H,6-47H2,1-5H3/t49?,50-/m1/s1. The second-order valence-corrected chi connectivity index (χ2v) is 18.9. The first kappa shape index (κ1) is 57.4. The molecule has 0 aliphatic heterocycles. The maximum atomic E-state index is 12.8. The summed E-state index contributed by atoms with van der Waals surface area (Å²) in [6.07, 6.45) is 46.5. The van der Waals surface area contributed by atoms with Gasteiger partial charge in [-0.05, 0) is 31.1 Å². The molecule has 0 N–H and O–H groups in total. The molecule has 350 valence electrons. The van der Waals surface area contributed by atoms with Gasteiger partial charge < -0.3 is 14.2 Å². The van der Waals surface area contributed by atoms with E-state index in [1.54, 1.807) is 0 Å². The van der Waals surface area contributed by atoms with Gasteiger partial charge in [-0.1, -0.05) is 253 Å². The fourth-order valence-corrected chi connectivity index (χ4v) is 7.96. The summed E-state index contributed by atoms with van der Waals surface area (Å²) >= 11 is 0. The molecule has 0 bridgehead atoms. The molecule has 0 heterocycles. The fraction of sp³-hybridized carbons (Fsp3) is 0.943. The number of hydrogen-bond donors (Lipinski definition) is 0. The van der Waals surface area contributed by atoms with E-state index >= 15 is 0 Å². The zero-order valence-electron chi connectivity index (χ0n) is 40.4. The van der Waals surface area contributed by atoms with E-state index in [9.17, 15) is 14.4 Å². The summed E-state index contributed by atoms with van der Waals surface area (Å²) in [5, 5.41) is 0. The zero-order valence-corrected chi connectivity index (χ0v) is 40.4. The summed E-state index contributed by atoms with van der Waals surface area (Å²) in [7, 11) is 0. The molecule has 0 saturated carbocycles. The van der Waals surface area contributed by atoms with Crippen molar-refractivity contribution in [2.45, 2.75) is 298 Å². The van der Waals surface area contributed by atoms with Crippen LogP contribution in [0.1, 0.15) is 291 Å². The topological polar surface area (TPSA) is 78.9 Å². The van der Waals surface area contributed by atoms with E-state index in [2.05, 4.69) is 34.6 Å². The molecular weight excluding hydrogens is 733 g/mol. The lowest BCUT2D eigenvalue weighted by atomic mass is 9.99. The average Bonchev–Trinajstić information content (AvgIpc) is 3.22. The molecule has 0 aliphatic carbocycles. The molecule has 0 aromatic carbocycles. The predicted molar refractivity (Wildman–Crippen MR) is 252 cm³/mol. The Kier molecular flexibility index (Phi) is 44.7. The highest BCUT2D eigenvalue weighted by Crippen LogP contribution is 2.18. The number of carbonyl (C=O) groups excluding carboxylic acids is 3. The molecule has 0 aromatic heterocycles. The molecule has 0 amide bonds. The molecule has 59 heavy (non-hydrogen) atoms. The van der Waals surface area contributed by atoms with Crippen molar-refractivity contribution in [3.8, 4) is 0 Å². The van der Waals surface area contributed by atoms with Crippen LogP contribution in [0.5, 0.6) is 0 Å². The van der Waals surface area contributed by atoms with Crippen molar-refractivity contribution in [1.82, 2.24) is 0 Å². The maximum absolute atomic E-state index is 12.8. The van der Waals surface area contributed by atoms with Crippen LogP contribution in [0, 0.1) is 11.8 Å². The maximum Gasteiger partial charge on any atom is 0.306 e. The monoisotopic (exact) mass is 835 g/mol. The Bertz CT molecular complexity index is 902. The molecule has 0 aliphatic rings. The minimum atomic E-state index is -0.762. The molecular formula is C53H102O6. The van der Waals surface area contributed by atoms with Crippen molar-refractivity contribution >= 4 is 17.9 Å². The summed E-state index contributed by atoms with van der Waals surface area (Å²) in [5.74, 6) is 0.840. The number of ether oxygens (including phenoxy) is 3. The third kappa shape index (κ3) is 45.8. The third-order valence-electron chi connectivity index (χ3n) is 12.3. The van der Waals surface area contributed by atoms with Gasteiger partial charge >= 0.3 is 17.9 Å². The number of esters is 3. The fourth-order valence-electron chi connectivity index (χ4n) is 7.96. The molecule has 0 spiro atoms. The van der Waals surface area contributed by atoms with Crippen molar-refractivity contribution in [2.24, 2.45) is 11.8 Å². The van der Waals surface area contributed by atoms with E-state index < -0.39 is 6.10 Å². The van der Waals surface area contributed by atoms with Crippen LogP contribution in [0.2, 0.25) is 0 Å². The van der Waals surface area contributed by atoms with Gasteiger partial charge in [0.2, 0.25) is 0 Å². The van der Waals surface area contributed by atoms with Crippen LogP contribution in [0.15, 0.2) is 0 Å². The first-order valence-corrected chi connectivity index (χ1v) is 26.3. The number of hydrogen-bond acceptors (Lipinski definition) is 6. The van der Waals surface area contributed by atoms with E-state index in [4.69, 9.17) is 14.2 Å². The SMILES string of the molecule is CCCCCCCCCCCCCCCC(=O)O[C@H](COC(=O)CCCCCCCCCCCCCCCC(C)C)COC(=O)CCCCCCCCCCC(C)CC.